The molecule has 1 heterocycles. The maximum absolute atomic E-state index is 13.8. The third kappa shape index (κ3) is 1.92. The third-order valence-corrected chi connectivity index (χ3v) is 2.66. The van der Waals surface area contributed by atoms with E-state index in [1.165, 1.54) is 23.9 Å². The number of phenolic OH excluding ortho intramolecular Hbond substituents is 1. The number of rotatable bonds is 2. The average molecular weight is 250 g/mol. The van der Waals surface area contributed by atoms with Gasteiger partial charge in [0.2, 0.25) is 0 Å². The number of carboxylic acid groups (broad SMARTS) is 1. The van der Waals surface area contributed by atoms with E-state index < -0.39 is 11.8 Å². The van der Waals surface area contributed by atoms with E-state index in [1.807, 2.05) is 0 Å². The standard InChI is InChI=1S/C12H11FN2O3/c1-6-3-7(8(13)4-11(6)16)10-5-9(12(17)18)14-15(10)2/h3-5,16H,1-2H3,(H,17,18). The highest BCUT2D eigenvalue weighted by Gasteiger charge is 2.16. The van der Waals surface area contributed by atoms with Gasteiger partial charge in [-0.3, -0.25) is 4.68 Å². The van der Waals surface area contributed by atoms with Gasteiger partial charge in [-0.1, -0.05) is 0 Å². The Labute approximate surface area is 102 Å². The van der Waals surface area contributed by atoms with Crippen LogP contribution >= 0.6 is 0 Å². The molecule has 2 aromatic rings. The van der Waals surface area contributed by atoms with E-state index in [0.29, 0.717) is 11.3 Å². The van der Waals surface area contributed by atoms with E-state index in [-0.39, 0.29) is 17.0 Å². The Morgan fingerprint density at radius 3 is 2.61 bits per heavy atom. The van der Waals surface area contributed by atoms with Crippen molar-refractivity contribution in [3.05, 3.63) is 35.3 Å². The number of hydrogen-bond acceptors (Lipinski definition) is 3. The molecule has 94 valence electrons. The van der Waals surface area contributed by atoms with Crippen molar-refractivity contribution in [3.63, 3.8) is 0 Å². The van der Waals surface area contributed by atoms with Gasteiger partial charge in [-0.2, -0.15) is 5.10 Å². The number of aromatic hydroxyl groups is 1. The van der Waals surface area contributed by atoms with Crippen molar-refractivity contribution in [2.45, 2.75) is 6.92 Å². The van der Waals surface area contributed by atoms with E-state index in [0.717, 1.165) is 6.07 Å². The quantitative estimate of drug-likeness (QED) is 0.854. The highest BCUT2D eigenvalue weighted by molar-refractivity contribution is 5.87. The minimum absolute atomic E-state index is 0.142. The van der Waals surface area contributed by atoms with Crippen LogP contribution in [0.5, 0.6) is 5.75 Å². The van der Waals surface area contributed by atoms with Crippen LogP contribution in [0.1, 0.15) is 16.1 Å². The summed E-state index contributed by atoms with van der Waals surface area (Å²) in [5.41, 5.74) is 0.892. The first kappa shape index (κ1) is 12.1. The van der Waals surface area contributed by atoms with Crippen LogP contribution < -0.4 is 0 Å². The van der Waals surface area contributed by atoms with Gasteiger partial charge in [0.25, 0.3) is 0 Å². The molecule has 0 amide bonds. The lowest BCUT2D eigenvalue weighted by Crippen LogP contribution is -1.99. The molecule has 0 radical (unpaired) electrons. The van der Waals surface area contributed by atoms with Crippen LogP contribution in [0.25, 0.3) is 11.3 Å². The summed E-state index contributed by atoms with van der Waals surface area (Å²) >= 11 is 0. The number of aromatic carboxylic acids is 1. The molecule has 6 heteroatoms. The summed E-state index contributed by atoms with van der Waals surface area (Å²) in [7, 11) is 1.53. The molecule has 18 heavy (non-hydrogen) atoms. The lowest BCUT2D eigenvalue weighted by Gasteiger charge is -2.06. The first-order chi connectivity index (χ1) is 8.40. The largest absolute Gasteiger partial charge is 0.508 e. The second-order valence-electron chi connectivity index (χ2n) is 3.96. The van der Waals surface area contributed by atoms with Gasteiger partial charge in [0.05, 0.1) is 5.69 Å². The van der Waals surface area contributed by atoms with E-state index in [1.54, 1.807) is 6.92 Å². The van der Waals surface area contributed by atoms with Gasteiger partial charge in [-0.25, -0.2) is 9.18 Å². The zero-order chi connectivity index (χ0) is 13.4. The van der Waals surface area contributed by atoms with E-state index >= 15 is 0 Å². The van der Waals surface area contributed by atoms with E-state index in [2.05, 4.69) is 5.10 Å². The Hall–Kier alpha value is -2.37. The van der Waals surface area contributed by atoms with Crippen LogP contribution in [-0.4, -0.2) is 26.0 Å². The number of halogens is 1. The van der Waals surface area contributed by atoms with E-state index in [9.17, 15) is 14.3 Å². The first-order valence-electron chi connectivity index (χ1n) is 5.17. The van der Waals surface area contributed by atoms with Crippen LogP contribution in [0.15, 0.2) is 18.2 Å². The predicted octanol–water partition coefficient (Wildman–Crippen LogP) is 1.94. The molecular weight excluding hydrogens is 239 g/mol. The maximum Gasteiger partial charge on any atom is 0.356 e. The van der Waals surface area contributed by atoms with Crippen molar-refractivity contribution in [2.75, 3.05) is 0 Å². The molecule has 0 bridgehead atoms. The fraction of sp³-hybridized carbons (Fsp3) is 0.167. The van der Waals surface area contributed by atoms with Crippen molar-refractivity contribution in [3.8, 4) is 17.0 Å². The zero-order valence-electron chi connectivity index (χ0n) is 9.81. The normalized spacial score (nSPS) is 10.6. The van der Waals surface area contributed by atoms with Gasteiger partial charge in [-0.15, -0.1) is 0 Å². The average Bonchev–Trinajstić information content (AvgIpc) is 2.66. The molecule has 0 atom stereocenters. The summed E-state index contributed by atoms with van der Waals surface area (Å²) in [5.74, 6) is -1.94. The molecule has 1 aromatic heterocycles. The molecule has 0 saturated heterocycles. The van der Waals surface area contributed by atoms with Crippen LogP contribution in [-0.2, 0) is 7.05 Å². The van der Waals surface area contributed by atoms with Crippen LogP contribution in [0.3, 0.4) is 0 Å². The summed E-state index contributed by atoms with van der Waals surface area (Å²) in [4.78, 5) is 10.8. The maximum atomic E-state index is 13.8. The SMILES string of the molecule is Cc1cc(-c2cc(C(=O)O)nn2C)c(F)cc1O. The number of phenols is 1. The summed E-state index contributed by atoms with van der Waals surface area (Å²) in [6, 6.07) is 3.74. The van der Waals surface area contributed by atoms with Crippen molar-refractivity contribution in [1.29, 1.82) is 0 Å². The van der Waals surface area contributed by atoms with Crippen LogP contribution in [0, 0.1) is 12.7 Å². The Kier molecular flexibility index (Phi) is 2.78. The zero-order valence-corrected chi connectivity index (χ0v) is 9.81. The molecule has 0 unspecified atom stereocenters. The molecule has 0 aliphatic carbocycles. The highest BCUT2D eigenvalue weighted by atomic mass is 19.1. The molecular formula is C12H11FN2O3. The molecule has 1 aromatic carbocycles. The van der Waals surface area contributed by atoms with Crippen molar-refractivity contribution >= 4 is 5.97 Å². The molecule has 0 aliphatic rings. The Balaban J connectivity index is 2.62. The number of carboxylic acids is 1. The topological polar surface area (TPSA) is 75.3 Å². The fourth-order valence-corrected chi connectivity index (χ4v) is 1.69. The second kappa shape index (κ2) is 4.14. The van der Waals surface area contributed by atoms with Crippen LogP contribution in [0.4, 0.5) is 4.39 Å². The summed E-state index contributed by atoms with van der Waals surface area (Å²) in [5, 5.41) is 22.0. The smallest absolute Gasteiger partial charge is 0.356 e. The number of hydrogen-bond donors (Lipinski definition) is 2. The number of nitrogens with zero attached hydrogens (tertiary/aromatic N) is 2. The van der Waals surface area contributed by atoms with Gasteiger partial charge in [0, 0.05) is 18.7 Å². The summed E-state index contributed by atoms with van der Waals surface area (Å²) in [6.07, 6.45) is 0. The number of benzene rings is 1. The van der Waals surface area contributed by atoms with Crippen molar-refractivity contribution in [1.82, 2.24) is 9.78 Å². The lowest BCUT2D eigenvalue weighted by atomic mass is 10.1. The van der Waals surface area contributed by atoms with Gasteiger partial charge in [0.1, 0.15) is 11.6 Å². The van der Waals surface area contributed by atoms with Crippen molar-refractivity contribution < 1.29 is 19.4 Å². The van der Waals surface area contributed by atoms with Gasteiger partial charge in [-0.05, 0) is 24.6 Å². The molecule has 0 fully saturated rings. The fourth-order valence-electron chi connectivity index (χ4n) is 1.69. The third-order valence-electron chi connectivity index (χ3n) is 2.66. The van der Waals surface area contributed by atoms with Gasteiger partial charge >= 0.3 is 5.97 Å². The second-order valence-corrected chi connectivity index (χ2v) is 3.96. The summed E-state index contributed by atoms with van der Waals surface area (Å²) < 4.78 is 15.0. The predicted molar refractivity (Wildman–Crippen MR) is 62.0 cm³/mol. The Morgan fingerprint density at radius 1 is 1.39 bits per heavy atom. The molecule has 0 spiro atoms. The molecule has 0 saturated carbocycles. The minimum Gasteiger partial charge on any atom is -0.508 e. The Morgan fingerprint density at radius 2 is 2.06 bits per heavy atom. The van der Waals surface area contributed by atoms with Crippen molar-refractivity contribution in [2.24, 2.45) is 7.05 Å². The van der Waals surface area contributed by atoms with Gasteiger partial charge in [0.15, 0.2) is 5.69 Å². The number of aromatic nitrogens is 2. The van der Waals surface area contributed by atoms with Gasteiger partial charge < -0.3 is 10.2 Å². The minimum atomic E-state index is -1.17. The first-order valence-corrected chi connectivity index (χ1v) is 5.17. The molecule has 5 nitrogen and oxygen atoms in total. The number of carbonyl (C=O) groups is 1. The highest BCUT2D eigenvalue weighted by Crippen LogP contribution is 2.29. The monoisotopic (exact) mass is 250 g/mol. The van der Waals surface area contributed by atoms with Crippen LogP contribution in [0.2, 0.25) is 0 Å². The lowest BCUT2D eigenvalue weighted by molar-refractivity contribution is 0.0689. The number of aryl methyl sites for hydroxylation is 2. The summed E-state index contributed by atoms with van der Waals surface area (Å²) in [6.45, 7) is 1.63. The molecule has 2 N–H and O–H groups in total. The Bertz CT molecular complexity index is 634. The molecule has 2 rings (SSSR count). The molecule has 0 aliphatic heterocycles. The van der Waals surface area contributed by atoms with E-state index in [4.69, 9.17) is 5.11 Å².